The molecular weight excluding hydrogens is 372 g/mol. The van der Waals surface area contributed by atoms with Crippen LogP contribution in [0.15, 0.2) is 42.5 Å². The highest BCUT2D eigenvalue weighted by atomic mass is 16.2. The Hall–Kier alpha value is -2.53. The monoisotopic (exact) mass is 406 g/mol. The molecule has 4 rings (SSSR count). The normalized spacial score (nSPS) is 21.3. The fourth-order valence-electron chi connectivity index (χ4n) is 4.53. The lowest BCUT2D eigenvalue weighted by Gasteiger charge is -2.33. The summed E-state index contributed by atoms with van der Waals surface area (Å²) < 4.78 is 0. The van der Waals surface area contributed by atoms with Crippen molar-refractivity contribution in [3.05, 3.63) is 53.6 Å². The van der Waals surface area contributed by atoms with Crippen LogP contribution in [0.5, 0.6) is 0 Å². The van der Waals surface area contributed by atoms with E-state index in [0.29, 0.717) is 6.04 Å². The van der Waals surface area contributed by atoms with E-state index in [2.05, 4.69) is 79.2 Å². The summed E-state index contributed by atoms with van der Waals surface area (Å²) in [5.74, 6) is 0.117. The molecule has 2 aliphatic rings. The molecule has 5 heteroatoms. The Bertz CT molecular complexity index is 900. The predicted octanol–water partition coefficient (Wildman–Crippen LogP) is 4.50. The van der Waals surface area contributed by atoms with Crippen molar-refractivity contribution in [2.45, 2.75) is 64.6 Å². The summed E-state index contributed by atoms with van der Waals surface area (Å²) in [6.45, 7) is 10.1. The molecule has 5 nitrogen and oxygen atoms in total. The van der Waals surface area contributed by atoms with Gasteiger partial charge in [-0.2, -0.15) is 0 Å². The first-order valence-electron chi connectivity index (χ1n) is 11.1. The van der Waals surface area contributed by atoms with Gasteiger partial charge in [-0.25, -0.2) is 0 Å². The molecule has 0 saturated carbocycles. The van der Waals surface area contributed by atoms with Gasteiger partial charge in [0.15, 0.2) is 0 Å². The zero-order valence-electron chi connectivity index (χ0n) is 18.6. The van der Waals surface area contributed by atoms with Gasteiger partial charge < -0.3 is 15.5 Å². The van der Waals surface area contributed by atoms with E-state index in [-0.39, 0.29) is 17.5 Å². The van der Waals surface area contributed by atoms with Crippen molar-refractivity contribution in [2.24, 2.45) is 0 Å². The van der Waals surface area contributed by atoms with Crippen molar-refractivity contribution in [1.29, 1.82) is 0 Å². The molecule has 30 heavy (non-hydrogen) atoms. The van der Waals surface area contributed by atoms with Crippen LogP contribution in [0.4, 0.5) is 17.1 Å². The number of amides is 1. The number of piperidine rings is 1. The minimum Gasteiger partial charge on any atom is -0.380 e. The van der Waals surface area contributed by atoms with Crippen LogP contribution in [0, 0.1) is 0 Å². The Kier molecular flexibility index (Phi) is 5.74. The zero-order valence-corrected chi connectivity index (χ0v) is 18.6. The van der Waals surface area contributed by atoms with Gasteiger partial charge in [0.05, 0.1) is 17.5 Å². The molecule has 2 atom stereocenters. The first-order valence-corrected chi connectivity index (χ1v) is 11.1. The molecule has 0 aromatic heterocycles. The largest absolute Gasteiger partial charge is 0.380 e. The zero-order chi connectivity index (χ0) is 21.3. The maximum absolute atomic E-state index is 12.1. The summed E-state index contributed by atoms with van der Waals surface area (Å²) in [5.41, 5.74) is 6.07. The molecule has 3 N–H and O–H groups in total. The average molecular weight is 407 g/mol. The smallest absolute Gasteiger partial charge is 0.223 e. The second-order valence-corrected chi connectivity index (χ2v) is 9.58. The summed E-state index contributed by atoms with van der Waals surface area (Å²) in [6, 6.07) is 15.5. The van der Waals surface area contributed by atoms with E-state index in [1.165, 1.54) is 11.1 Å². The van der Waals surface area contributed by atoms with Crippen molar-refractivity contribution >= 4 is 23.0 Å². The first kappa shape index (κ1) is 20.7. The summed E-state index contributed by atoms with van der Waals surface area (Å²) in [6.07, 6.45) is 3.19. The third-order valence-electron chi connectivity index (χ3n) is 6.23. The van der Waals surface area contributed by atoms with Gasteiger partial charge >= 0.3 is 0 Å². The number of carbonyl (C=O) groups excluding carboxylic acids is 1. The van der Waals surface area contributed by atoms with Gasteiger partial charge in [-0.05, 0) is 54.1 Å². The van der Waals surface area contributed by atoms with Gasteiger partial charge in [-0.1, -0.05) is 45.0 Å². The van der Waals surface area contributed by atoms with E-state index in [1.54, 1.807) is 6.92 Å². The van der Waals surface area contributed by atoms with E-state index in [4.69, 9.17) is 0 Å². The number of carbonyl (C=O) groups is 1. The molecule has 0 radical (unpaired) electrons. The predicted molar refractivity (Wildman–Crippen MR) is 125 cm³/mol. The number of benzene rings is 2. The first-order chi connectivity index (χ1) is 14.3. The van der Waals surface area contributed by atoms with Crippen LogP contribution in [0.25, 0.3) is 0 Å². The topological polar surface area (TPSA) is 56.4 Å². The Morgan fingerprint density at radius 3 is 2.57 bits per heavy atom. The SMILES string of the molecule is CC(=O)N1CCc2cccc(NC3CCNC(Nc4ccc(C(C)(C)C)cc4)C3)c21. The fraction of sp³-hybridized carbons (Fsp3) is 0.480. The summed E-state index contributed by atoms with van der Waals surface area (Å²) in [7, 11) is 0. The molecular formula is C25H34N4O. The van der Waals surface area contributed by atoms with E-state index < -0.39 is 0 Å². The Labute approximate surface area is 180 Å². The molecule has 2 aromatic carbocycles. The molecule has 2 aromatic rings. The lowest BCUT2D eigenvalue weighted by molar-refractivity contribution is -0.116. The lowest BCUT2D eigenvalue weighted by Crippen LogP contribution is -2.47. The number of nitrogens with one attached hydrogen (secondary N) is 3. The van der Waals surface area contributed by atoms with Crippen molar-refractivity contribution in [2.75, 3.05) is 28.6 Å². The summed E-state index contributed by atoms with van der Waals surface area (Å²) in [5, 5.41) is 11.0. The summed E-state index contributed by atoms with van der Waals surface area (Å²) >= 11 is 0. The fourth-order valence-corrected chi connectivity index (χ4v) is 4.53. The Morgan fingerprint density at radius 2 is 1.87 bits per heavy atom. The minimum absolute atomic E-state index is 0.117. The van der Waals surface area contributed by atoms with Crippen LogP contribution >= 0.6 is 0 Å². The van der Waals surface area contributed by atoms with E-state index in [0.717, 1.165) is 49.4 Å². The molecule has 2 unspecified atom stereocenters. The third kappa shape index (κ3) is 4.46. The number of para-hydroxylation sites is 1. The highest BCUT2D eigenvalue weighted by Gasteiger charge is 2.27. The lowest BCUT2D eigenvalue weighted by atomic mass is 9.87. The van der Waals surface area contributed by atoms with Gasteiger partial charge in [0.25, 0.3) is 0 Å². The molecule has 1 saturated heterocycles. The van der Waals surface area contributed by atoms with Crippen LogP contribution in [0.2, 0.25) is 0 Å². The van der Waals surface area contributed by atoms with Crippen LogP contribution in [-0.4, -0.2) is 31.2 Å². The average Bonchev–Trinajstić information content (AvgIpc) is 3.14. The Morgan fingerprint density at radius 1 is 1.10 bits per heavy atom. The molecule has 0 aliphatic carbocycles. The van der Waals surface area contributed by atoms with Gasteiger partial charge in [0, 0.05) is 31.6 Å². The molecule has 0 spiro atoms. The van der Waals surface area contributed by atoms with Crippen LogP contribution < -0.4 is 20.9 Å². The van der Waals surface area contributed by atoms with Gasteiger partial charge in [-0.3, -0.25) is 10.1 Å². The molecule has 2 heterocycles. The number of hydrogen-bond donors (Lipinski definition) is 3. The standard InChI is InChI=1S/C25H34N4O/c1-17(30)29-15-13-18-6-5-7-22(24(18)29)27-21-12-14-26-23(16-21)28-20-10-8-19(9-11-20)25(2,3)4/h5-11,21,23,26-28H,12-16H2,1-4H3. The van der Waals surface area contributed by atoms with Crippen LogP contribution in [0.3, 0.4) is 0 Å². The highest BCUT2D eigenvalue weighted by Crippen LogP contribution is 2.36. The van der Waals surface area contributed by atoms with Gasteiger partial charge in [0.2, 0.25) is 5.91 Å². The number of rotatable bonds is 4. The maximum atomic E-state index is 12.1. The minimum atomic E-state index is 0.117. The number of hydrogen-bond acceptors (Lipinski definition) is 4. The van der Waals surface area contributed by atoms with Crippen LogP contribution in [0.1, 0.15) is 51.7 Å². The number of anilines is 3. The van der Waals surface area contributed by atoms with Gasteiger partial charge in [0.1, 0.15) is 0 Å². The van der Waals surface area contributed by atoms with E-state index >= 15 is 0 Å². The Balaban J connectivity index is 1.42. The molecule has 0 bridgehead atoms. The molecule has 2 aliphatic heterocycles. The molecule has 1 fully saturated rings. The quantitative estimate of drug-likeness (QED) is 0.700. The molecule has 1 amide bonds. The maximum Gasteiger partial charge on any atom is 0.223 e. The number of fused-ring (bicyclic) bond motifs is 1. The van der Waals surface area contributed by atoms with Crippen molar-refractivity contribution < 1.29 is 4.79 Å². The molecule has 160 valence electrons. The summed E-state index contributed by atoms with van der Waals surface area (Å²) in [4.78, 5) is 14.0. The van der Waals surface area contributed by atoms with Crippen molar-refractivity contribution in [3.63, 3.8) is 0 Å². The second kappa shape index (κ2) is 8.31. The van der Waals surface area contributed by atoms with Crippen molar-refractivity contribution in [1.82, 2.24) is 5.32 Å². The highest BCUT2D eigenvalue weighted by molar-refractivity contribution is 5.98. The van der Waals surface area contributed by atoms with Crippen molar-refractivity contribution in [3.8, 4) is 0 Å². The number of nitrogens with zero attached hydrogens (tertiary/aromatic N) is 1. The third-order valence-corrected chi connectivity index (χ3v) is 6.23. The van der Waals surface area contributed by atoms with Crippen LogP contribution in [-0.2, 0) is 16.6 Å². The van der Waals surface area contributed by atoms with Gasteiger partial charge in [-0.15, -0.1) is 0 Å². The second-order valence-electron chi connectivity index (χ2n) is 9.58. The van der Waals surface area contributed by atoms with E-state index in [9.17, 15) is 4.79 Å². The van der Waals surface area contributed by atoms with E-state index in [1.807, 2.05) is 4.90 Å².